The van der Waals surface area contributed by atoms with Crippen molar-refractivity contribution in [3.63, 3.8) is 0 Å². The van der Waals surface area contributed by atoms with Gasteiger partial charge < -0.3 is 41.4 Å². The lowest BCUT2D eigenvalue weighted by molar-refractivity contribution is -0.138. The van der Waals surface area contributed by atoms with Gasteiger partial charge in [0, 0.05) is 47.1 Å². The number of carboxylic acid groups (broad SMARTS) is 2. The molecule has 5 heterocycles. The number of nitrogens with one attached hydrogen (secondary N) is 4. The Labute approximate surface area is 270 Å². The lowest BCUT2D eigenvalue weighted by atomic mass is 9.91. The van der Waals surface area contributed by atoms with Gasteiger partial charge in [-0.1, -0.05) is 6.92 Å². The van der Waals surface area contributed by atoms with Crippen molar-refractivity contribution in [2.45, 2.75) is 76.8 Å². The highest BCUT2D eigenvalue weighted by Crippen LogP contribution is 2.39. The molecule has 2 fully saturated rings. The predicted molar refractivity (Wildman–Crippen MR) is 175 cm³/mol. The van der Waals surface area contributed by atoms with E-state index in [4.69, 9.17) is 0 Å². The molecule has 4 aliphatic rings. The molecule has 46 heavy (non-hydrogen) atoms. The minimum atomic E-state index is -1.12. The van der Waals surface area contributed by atoms with Crippen LogP contribution in [0, 0.1) is 18.8 Å². The minimum Gasteiger partial charge on any atom is -0.516 e. The number of rotatable bonds is 12. The first-order valence-corrected chi connectivity index (χ1v) is 16.5. The van der Waals surface area contributed by atoms with Crippen molar-refractivity contribution in [2.75, 3.05) is 5.75 Å². The van der Waals surface area contributed by atoms with E-state index in [-0.39, 0.29) is 49.0 Å². The third kappa shape index (κ3) is 6.52. The Balaban J connectivity index is 1.53. The fourth-order valence-corrected chi connectivity index (χ4v) is 7.81. The number of carboxylic acids is 2. The Hall–Kier alpha value is -4.23. The van der Waals surface area contributed by atoms with Gasteiger partial charge in [-0.25, -0.2) is 0 Å². The van der Waals surface area contributed by atoms with Crippen molar-refractivity contribution in [1.82, 2.24) is 20.9 Å². The van der Waals surface area contributed by atoms with Crippen molar-refractivity contribution in [3.05, 3.63) is 68.5 Å². The molecule has 0 aromatic carbocycles. The van der Waals surface area contributed by atoms with Gasteiger partial charge in [-0.2, -0.15) is 0 Å². The fraction of sp³-hybridized carbons (Fsp3) is 0.455. The zero-order valence-corrected chi connectivity index (χ0v) is 27.1. The van der Waals surface area contributed by atoms with Gasteiger partial charge in [-0.15, -0.1) is 0 Å². The molecule has 1 unspecified atom stereocenters. The van der Waals surface area contributed by atoms with Gasteiger partial charge in [0.05, 0.1) is 24.3 Å². The monoisotopic (exact) mass is 653 g/mol. The van der Waals surface area contributed by atoms with E-state index >= 15 is 0 Å². The Morgan fingerprint density at radius 2 is 1.63 bits per heavy atom. The summed E-state index contributed by atoms with van der Waals surface area (Å²) in [5.74, 6) is -1.34. The Morgan fingerprint density at radius 1 is 0.978 bits per heavy atom. The van der Waals surface area contributed by atoms with Gasteiger partial charge >= 0.3 is 11.9 Å². The number of H-pyrrole nitrogens is 1. The van der Waals surface area contributed by atoms with Crippen LogP contribution in [0.4, 0.5) is 0 Å². The number of aliphatic carboxylic acids is 2. The summed E-state index contributed by atoms with van der Waals surface area (Å²) in [5.41, 5.74) is 6.70. The number of aromatic nitrogens is 1. The van der Waals surface area contributed by atoms with Crippen LogP contribution in [0.3, 0.4) is 0 Å². The van der Waals surface area contributed by atoms with E-state index in [1.165, 1.54) is 17.8 Å². The molecule has 0 radical (unpaired) electrons. The number of carbonyl (C=O) groups excluding carboxylic acids is 2. The van der Waals surface area contributed by atoms with E-state index in [0.29, 0.717) is 27.8 Å². The molecule has 1 aromatic rings. The Bertz CT molecular complexity index is 1630. The zero-order chi connectivity index (χ0) is 33.4. The maximum Gasteiger partial charge on any atom is 0.303 e. The van der Waals surface area contributed by atoms with E-state index in [0.717, 1.165) is 40.1 Å². The second-order valence-electron chi connectivity index (χ2n) is 12.4. The number of amides is 2. The van der Waals surface area contributed by atoms with Crippen LogP contribution in [-0.2, 0) is 37.4 Å². The lowest BCUT2D eigenvalue weighted by Gasteiger charge is -2.27. The summed E-state index contributed by atoms with van der Waals surface area (Å²) in [7, 11) is 0. The summed E-state index contributed by atoms with van der Waals surface area (Å²) in [6.07, 6.45) is 4.86. The van der Waals surface area contributed by atoms with Crippen molar-refractivity contribution < 1.29 is 39.6 Å². The van der Waals surface area contributed by atoms with E-state index in [9.17, 15) is 39.6 Å². The van der Waals surface area contributed by atoms with E-state index in [2.05, 4.69) is 20.9 Å². The molecule has 4 aliphatic heterocycles. The van der Waals surface area contributed by atoms with Gasteiger partial charge in [0.25, 0.3) is 5.91 Å². The number of hydrogen-bond donors (Lipinski definition) is 8. The smallest absolute Gasteiger partial charge is 0.303 e. The predicted octanol–water partition coefficient (Wildman–Crippen LogP) is 2.00. The summed E-state index contributed by atoms with van der Waals surface area (Å²) in [6, 6.07) is -1.41. The van der Waals surface area contributed by atoms with Gasteiger partial charge in [0.15, 0.2) is 11.0 Å². The average Bonchev–Trinajstić information content (AvgIpc) is 3.56. The van der Waals surface area contributed by atoms with Gasteiger partial charge in [-0.05, 0) is 91.4 Å². The summed E-state index contributed by atoms with van der Waals surface area (Å²) in [4.78, 5) is 51.7. The van der Waals surface area contributed by atoms with Crippen LogP contribution in [0.5, 0.6) is 0 Å². The molecule has 6 atom stereocenters. The Kier molecular flexibility index (Phi) is 9.54. The van der Waals surface area contributed by atoms with Crippen LogP contribution in [-0.4, -0.2) is 78.4 Å². The SMILES string of the molecule is CC1=C(CCC(=O)O)/C(=C/c2[nH]c(/C=C3\NC(=O)[C@H](C)[C@H]3[C@H]3C[SH+]3)c(C)c2CCC(=O)O)NC1[C@@H](O)[C@H]1NC(=O)C(C=CO)=C1C. The molecule has 0 saturated carbocycles. The molecular formula is C33H41N4O8S+. The third-order valence-corrected chi connectivity index (χ3v) is 10.6. The molecule has 13 heteroatoms. The number of allylic oxidation sites excluding steroid dienone is 2. The van der Waals surface area contributed by atoms with Crippen LogP contribution in [0.15, 0.2) is 46.0 Å². The molecule has 8 N–H and O–H groups in total. The summed E-state index contributed by atoms with van der Waals surface area (Å²) in [6.45, 7) is 7.35. The normalized spacial score (nSPS) is 28.4. The first kappa shape index (κ1) is 33.1. The number of hydrogen-bond acceptors (Lipinski definition) is 7. The first-order valence-electron chi connectivity index (χ1n) is 15.3. The lowest BCUT2D eigenvalue weighted by Crippen LogP contribution is -2.49. The number of carbonyl (C=O) groups is 4. The maximum absolute atomic E-state index is 12.6. The molecule has 0 aliphatic carbocycles. The highest BCUT2D eigenvalue weighted by molar-refractivity contribution is 7.86. The highest BCUT2D eigenvalue weighted by atomic mass is 32.2. The topological polar surface area (TPSA) is 201 Å². The number of aromatic amines is 1. The molecule has 12 nitrogen and oxygen atoms in total. The van der Waals surface area contributed by atoms with Crippen LogP contribution >= 0.6 is 0 Å². The fourth-order valence-electron chi connectivity index (χ4n) is 6.82. The molecule has 5 rings (SSSR count). The van der Waals surface area contributed by atoms with Crippen molar-refractivity contribution in [1.29, 1.82) is 0 Å². The van der Waals surface area contributed by atoms with Crippen molar-refractivity contribution in [2.24, 2.45) is 11.8 Å². The quantitative estimate of drug-likeness (QED) is 0.0719. The standard InChI is InChI=1S/C33H40N4O8S/c1-14-18(5-7-26(39)40)22(34-21(14)11-24-28(25-13-46-25)17(4)32(44)36-24)12-23-19(6-8-27(41)42)15(2)29(35-23)31(43)30-16(3)20(9-10-38)33(45)37-30/h9-12,17,25,28-31,34-35,38,43H,5-8,13H2,1-4H3,(H,36,44)(H,37,45)(H,39,40)(H,41,42)/p+1/b10-9?,23-12-,24-11-/t17-,25-,28-,29?,30+,31-/m1/s1. The van der Waals surface area contributed by atoms with Gasteiger partial charge in [0.2, 0.25) is 5.91 Å². The molecular weight excluding hydrogens is 612 g/mol. The van der Waals surface area contributed by atoms with Gasteiger partial charge in [-0.3, -0.25) is 19.2 Å². The van der Waals surface area contributed by atoms with Crippen LogP contribution in [0.25, 0.3) is 12.2 Å². The second kappa shape index (κ2) is 13.2. The Morgan fingerprint density at radius 3 is 2.26 bits per heavy atom. The summed E-state index contributed by atoms with van der Waals surface area (Å²) >= 11 is 1.32. The summed E-state index contributed by atoms with van der Waals surface area (Å²) in [5, 5.41) is 49.3. The first-order chi connectivity index (χ1) is 21.8. The number of aliphatic hydroxyl groups is 2. The molecule has 2 saturated heterocycles. The molecule has 0 bridgehead atoms. The summed E-state index contributed by atoms with van der Waals surface area (Å²) < 4.78 is 0. The van der Waals surface area contributed by atoms with Crippen LogP contribution < -0.4 is 16.0 Å². The maximum atomic E-state index is 12.6. The van der Waals surface area contributed by atoms with Crippen molar-refractivity contribution in [3.8, 4) is 0 Å². The zero-order valence-electron chi connectivity index (χ0n) is 26.2. The average molecular weight is 654 g/mol. The van der Waals surface area contributed by atoms with Crippen LogP contribution in [0.1, 0.15) is 62.5 Å². The van der Waals surface area contributed by atoms with Crippen molar-refractivity contribution >= 4 is 47.7 Å². The molecule has 246 valence electrons. The van der Waals surface area contributed by atoms with E-state index < -0.39 is 36.0 Å². The van der Waals surface area contributed by atoms with E-state index in [1.54, 1.807) is 6.92 Å². The highest BCUT2D eigenvalue weighted by Gasteiger charge is 2.52. The van der Waals surface area contributed by atoms with Crippen LogP contribution in [0.2, 0.25) is 0 Å². The number of aliphatic hydroxyl groups excluding tert-OH is 2. The largest absolute Gasteiger partial charge is 0.516 e. The molecule has 1 aromatic heterocycles. The third-order valence-electron chi connectivity index (χ3n) is 9.53. The minimum absolute atomic E-state index is 0.0116. The molecule has 0 spiro atoms. The second-order valence-corrected chi connectivity index (χ2v) is 13.8. The van der Waals surface area contributed by atoms with E-state index in [1.807, 2.05) is 32.9 Å². The molecule has 2 amide bonds. The number of thiol groups is 1. The van der Waals surface area contributed by atoms with Gasteiger partial charge in [0.1, 0.15) is 6.10 Å².